The van der Waals surface area contributed by atoms with E-state index in [1.165, 1.54) is 25.1 Å². The van der Waals surface area contributed by atoms with Crippen molar-refractivity contribution in [3.63, 3.8) is 0 Å². The summed E-state index contributed by atoms with van der Waals surface area (Å²) in [7, 11) is 2.98. The molecule has 144 valence electrons. The Morgan fingerprint density at radius 3 is 2.32 bits per heavy atom. The minimum absolute atomic E-state index is 0.118. The highest BCUT2D eigenvalue weighted by atomic mass is 32.2. The van der Waals surface area contributed by atoms with E-state index < -0.39 is 12.1 Å². The van der Waals surface area contributed by atoms with Gasteiger partial charge >= 0.3 is 5.97 Å². The third-order valence-electron chi connectivity index (χ3n) is 3.01. The van der Waals surface area contributed by atoms with Gasteiger partial charge in [-0.2, -0.15) is 0 Å². The quantitative estimate of drug-likeness (QED) is 0.365. The fourth-order valence-corrected chi connectivity index (χ4v) is 2.72. The highest BCUT2D eigenvalue weighted by molar-refractivity contribution is 8.00. The van der Waals surface area contributed by atoms with Gasteiger partial charge in [0.25, 0.3) is 0 Å². The fraction of sp³-hybridized carbons (Fsp3) is 0.688. The zero-order valence-corrected chi connectivity index (χ0v) is 16.4. The van der Waals surface area contributed by atoms with Crippen LogP contribution < -0.4 is 21.3 Å². The number of nitrogens with one attached hydrogen (secondary N) is 4. The Kier molecular flexibility index (Phi) is 10.9. The number of amides is 2. The lowest BCUT2D eigenvalue weighted by Gasteiger charge is -2.25. The average Bonchev–Trinajstić information content (AvgIpc) is 2.53. The van der Waals surface area contributed by atoms with E-state index in [0.717, 1.165) is 0 Å². The van der Waals surface area contributed by atoms with Crippen LogP contribution in [-0.4, -0.2) is 67.6 Å². The van der Waals surface area contributed by atoms with Crippen LogP contribution in [0, 0.1) is 0 Å². The number of rotatable bonds is 11. The standard InChI is InChI=1S/C16H30N4O4S/c1-7-18-11(15(23)20-16(2,3)4)8-19-14(22)12(17-5)9-25-10-13(21)24-6/h7,11-12,17-18H,1,8-10H2,2-6H3,(H,19,22)(H,20,23)/t11-,12-/m0/s1. The Labute approximate surface area is 153 Å². The van der Waals surface area contributed by atoms with Gasteiger partial charge in [-0.25, -0.2) is 0 Å². The van der Waals surface area contributed by atoms with Crippen LogP contribution in [0.4, 0.5) is 0 Å². The van der Waals surface area contributed by atoms with E-state index in [4.69, 9.17) is 0 Å². The second-order valence-corrected chi connectivity index (χ2v) is 7.37. The topological polar surface area (TPSA) is 109 Å². The fourth-order valence-electron chi connectivity index (χ4n) is 1.76. The number of hydrogen-bond donors (Lipinski definition) is 4. The van der Waals surface area contributed by atoms with Crippen LogP contribution in [0.5, 0.6) is 0 Å². The first-order valence-electron chi connectivity index (χ1n) is 7.93. The highest BCUT2D eigenvalue weighted by Gasteiger charge is 2.24. The molecular weight excluding hydrogens is 344 g/mol. The first-order chi connectivity index (χ1) is 11.6. The van der Waals surface area contributed by atoms with Crippen LogP contribution in [0.15, 0.2) is 12.8 Å². The molecule has 0 aromatic rings. The molecule has 0 saturated heterocycles. The number of esters is 1. The summed E-state index contributed by atoms with van der Waals surface area (Å²) in [5, 5.41) is 11.3. The van der Waals surface area contributed by atoms with E-state index in [-0.39, 0.29) is 35.6 Å². The normalized spacial score (nSPS) is 13.3. The molecule has 0 saturated carbocycles. The van der Waals surface area contributed by atoms with Crippen LogP contribution in [0.1, 0.15) is 20.8 Å². The number of carbonyl (C=O) groups is 3. The van der Waals surface area contributed by atoms with Crippen molar-refractivity contribution in [2.24, 2.45) is 0 Å². The number of thioether (sulfide) groups is 1. The molecule has 2 amide bonds. The van der Waals surface area contributed by atoms with Crippen molar-refractivity contribution in [3.8, 4) is 0 Å². The van der Waals surface area contributed by atoms with E-state index >= 15 is 0 Å². The maximum absolute atomic E-state index is 12.2. The van der Waals surface area contributed by atoms with Gasteiger partial charge in [0.2, 0.25) is 11.8 Å². The second-order valence-electron chi connectivity index (χ2n) is 6.34. The molecule has 0 aromatic heterocycles. The minimum atomic E-state index is -0.624. The maximum atomic E-state index is 12.2. The first kappa shape index (κ1) is 23.3. The predicted molar refractivity (Wildman–Crippen MR) is 100 cm³/mol. The molecule has 0 unspecified atom stereocenters. The van der Waals surface area contributed by atoms with E-state index in [1.807, 2.05) is 20.8 Å². The van der Waals surface area contributed by atoms with Gasteiger partial charge in [0.05, 0.1) is 18.9 Å². The smallest absolute Gasteiger partial charge is 0.315 e. The van der Waals surface area contributed by atoms with Gasteiger partial charge in [-0.05, 0) is 34.0 Å². The molecule has 0 aliphatic rings. The summed E-state index contributed by atoms with van der Waals surface area (Å²) >= 11 is 1.30. The Balaban J connectivity index is 4.53. The van der Waals surface area contributed by atoms with Crippen molar-refractivity contribution in [1.29, 1.82) is 0 Å². The lowest BCUT2D eigenvalue weighted by molar-refractivity contribution is -0.137. The lowest BCUT2D eigenvalue weighted by Crippen LogP contribution is -2.55. The molecule has 0 bridgehead atoms. The van der Waals surface area contributed by atoms with Gasteiger partial charge in [0, 0.05) is 17.8 Å². The van der Waals surface area contributed by atoms with Gasteiger partial charge in [0.1, 0.15) is 6.04 Å². The van der Waals surface area contributed by atoms with Gasteiger partial charge in [-0.15, -0.1) is 11.8 Å². The Morgan fingerprint density at radius 1 is 1.20 bits per heavy atom. The summed E-state index contributed by atoms with van der Waals surface area (Å²) in [6.07, 6.45) is 1.42. The molecule has 4 N–H and O–H groups in total. The van der Waals surface area contributed by atoms with Crippen LogP contribution in [0.3, 0.4) is 0 Å². The summed E-state index contributed by atoms with van der Waals surface area (Å²) in [6.45, 7) is 9.31. The van der Waals surface area contributed by atoms with Crippen LogP contribution in [0.2, 0.25) is 0 Å². The zero-order chi connectivity index (χ0) is 19.5. The van der Waals surface area contributed by atoms with E-state index in [0.29, 0.717) is 5.75 Å². The van der Waals surface area contributed by atoms with Gasteiger partial charge in [0.15, 0.2) is 0 Å². The van der Waals surface area contributed by atoms with E-state index in [9.17, 15) is 14.4 Å². The number of ether oxygens (including phenoxy) is 1. The van der Waals surface area contributed by atoms with Crippen molar-refractivity contribution in [1.82, 2.24) is 21.3 Å². The molecule has 0 spiro atoms. The molecule has 0 aromatic carbocycles. The minimum Gasteiger partial charge on any atom is -0.468 e. The van der Waals surface area contributed by atoms with E-state index in [2.05, 4.69) is 32.6 Å². The number of carbonyl (C=O) groups excluding carboxylic acids is 3. The van der Waals surface area contributed by atoms with Crippen LogP contribution >= 0.6 is 11.8 Å². The monoisotopic (exact) mass is 374 g/mol. The number of likely N-dealkylation sites (N-methyl/N-ethyl adjacent to an activating group) is 1. The van der Waals surface area contributed by atoms with Crippen molar-refractivity contribution in [2.75, 3.05) is 32.2 Å². The predicted octanol–water partition coefficient (Wildman–Crippen LogP) is -0.387. The number of hydrogen-bond acceptors (Lipinski definition) is 7. The molecule has 0 radical (unpaired) electrons. The maximum Gasteiger partial charge on any atom is 0.315 e. The van der Waals surface area contributed by atoms with Gasteiger partial charge in [-0.3, -0.25) is 14.4 Å². The molecule has 0 rings (SSSR count). The van der Waals surface area contributed by atoms with Gasteiger partial charge < -0.3 is 26.0 Å². The van der Waals surface area contributed by atoms with Crippen molar-refractivity contribution < 1.29 is 19.1 Å². The summed E-state index contributed by atoms with van der Waals surface area (Å²) < 4.78 is 4.56. The average molecular weight is 375 g/mol. The number of methoxy groups -OCH3 is 1. The SMILES string of the molecule is C=CN[C@@H](CNC(=O)[C@H](CSCC(=O)OC)NC)C(=O)NC(C)(C)C. The third-order valence-corrected chi connectivity index (χ3v) is 4.02. The molecule has 0 aliphatic carbocycles. The molecule has 0 aliphatic heterocycles. The Bertz CT molecular complexity index is 466. The molecule has 25 heavy (non-hydrogen) atoms. The summed E-state index contributed by atoms with van der Waals surface area (Å²) in [5.74, 6) is -0.232. The Hall–Kier alpha value is -1.74. The molecule has 2 atom stereocenters. The first-order valence-corrected chi connectivity index (χ1v) is 9.08. The lowest BCUT2D eigenvalue weighted by atomic mass is 10.1. The summed E-state index contributed by atoms with van der Waals surface area (Å²) in [6, 6.07) is -1.11. The van der Waals surface area contributed by atoms with Gasteiger partial charge in [-0.1, -0.05) is 6.58 Å². The molecule has 9 heteroatoms. The largest absolute Gasteiger partial charge is 0.468 e. The Morgan fingerprint density at radius 2 is 1.84 bits per heavy atom. The molecule has 0 fully saturated rings. The zero-order valence-electron chi connectivity index (χ0n) is 15.6. The molecular formula is C16H30N4O4S. The summed E-state index contributed by atoms with van der Waals surface area (Å²) in [4.78, 5) is 35.6. The molecule has 8 nitrogen and oxygen atoms in total. The molecule has 0 heterocycles. The van der Waals surface area contributed by atoms with Crippen molar-refractivity contribution >= 4 is 29.5 Å². The summed E-state index contributed by atoms with van der Waals surface area (Å²) in [5.41, 5.74) is -0.375. The second kappa shape index (κ2) is 11.8. The highest BCUT2D eigenvalue weighted by Crippen LogP contribution is 2.04. The van der Waals surface area contributed by atoms with Crippen LogP contribution in [-0.2, 0) is 19.1 Å². The van der Waals surface area contributed by atoms with E-state index in [1.54, 1.807) is 7.05 Å². The van der Waals surface area contributed by atoms with Crippen molar-refractivity contribution in [2.45, 2.75) is 38.4 Å². The third kappa shape index (κ3) is 10.7. The van der Waals surface area contributed by atoms with Crippen LogP contribution in [0.25, 0.3) is 0 Å². The van der Waals surface area contributed by atoms with Crippen molar-refractivity contribution in [3.05, 3.63) is 12.8 Å².